The van der Waals surface area contributed by atoms with E-state index in [1.807, 2.05) is 26.0 Å². The maximum absolute atomic E-state index is 12.6. The third-order valence-corrected chi connectivity index (χ3v) is 3.49. The first kappa shape index (κ1) is 14.2. The molecule has 5 nitrogen and oxygen atoms in total. The van der Waals surface area contributed by atoms with Crippen molar-refractivity contribution >= 4 is 22.9 Å². The molecule has 1 aromatic heterocycles. The number of hydrogen-bond acceptors (Lipinski definition) is 3. The SMILES string of the molecule is CCC(CC)C(=O)n1c(CC(=O)O)nc2ccccc21. The molecule has 1 N–H and O–H groups in total. The highest BCUT2D eigenvalue weighted by Crippen LogP contribution is 2.20. The van der Waals surface area contributed by atoms with E-state index in [-0.39, 0.29) is 18.2 Å². The van der Waals surface area contributed by atoms with Gasteiger partial charge >= 0.3 is 5.97 Å². The molecule has 0 aliphatic rings. The molecule has 0 amide bonds. The molecule has 0 unspecified atom stereocenters. The smallest absolute Gasteiger partial charge is 0.311 e. The van der Waals surface area contributed by atoms with Crippen LogP contribution in [0.3, 0.4) is 0 Å². The maximum atomic E-state index is 12.6. The van der Waals surface area contributed by atoms with Gasteiger partial charge < -0.3 is 5.11 Å². The Balaban J connectivity index is 2.58. The molecule has 2 aromatic rings. The Kier molecular flexibility index (Phi) is 4.17. The molecular formula is C15H18N2O3. The van der Waals surface area contributed by atoms with E-state index >= 15 is 0 Å². The number of nitrogens with zero attached hydrogens (tertiary/aromatic N) is 2. The maximum Gasteiger partial charge on any atom is 0.311 e. The van der Waals surface area contributed by atoms with Gasteiger partial charge in [-0.15, -0.1) is 0 Å². The molecule has 0 aliphatic carbocycles. The van der Waals surface area contributed by atoms with Crippen LogP contribution in [0.2, 0.25) is 0 Å². The van der Waals surface area contributed by atoms with E-state index in [2.05, 4.69) is 4.98 Å². The topological polar surface area (TPSA) is 72.2 Å². The van der Waals surface area contributed by atoms with Crippen LogP contribution in [-0.4, -0.2) is 26.5 Å². The van der Waals surface area contributed by atoms with E-state index in [0.717, 1.165) is 12.8 Å². The Morgan fingerprint density at radius 1 is 1.25 bits per heavy atom. The van der Waals surface area contributed by atoms with E-state index in [1.54, 1.807) is 12.1 Å². The monoisotopic (exact) mass is 274 g/mol. The minimum absolute atomic E-state index is 0.0695. The zero-order valence-electron chi connectivity index (χ0n) is 11.7. The second-order valence-corrected chi connectivity index (χ2v) is 4.77. The van der Waals surface area contributed by atoms with E-state index in [0.29, 0.717) is 16.9 Å². The van der Waals surface area contributed by atoms with Crippen molar-refractivity contribution in [2.45, 2.75) is 33.1 Å². The summed E-state index contributed by atoms with van der Waals surface area (Å²) in [6.45, 7) is 3.92. The summed E-state index contributed by atoms with van der Waals surface area (Å²) < 4.78 is 1.47. The summed E-state index contributed by atoms with van der Waals surface area (Å²) in [7, 11) is 0. The molecule has 1 heterocycles. The Bertz CT molecular complexity index is 642. The van der Waals surface area contributed by atoms with Gasteiger partial charge in [0.1, 0.15) is 12.2 Å². The first-order valence-electron chi connectivity index (χ1n) is 6.80. The largest absolute Gasteiger partial charge is 0.481 e. The van der Waals surface area contributed by atoms with Gasteiger partial charge in [0.05, 0.1) is 11.0 Å². The number of carboxylic acids is 1. The predicted molar refractivity (Wildman–Crippen MR) is 75.8 cm³/mol. The number of fused-ring (bicyclic) bond motifs is 1. The summed E-state index contributed by atoms with van der Waals surface area (Å²) in [4.78, 5) is 27.9. The summed E-state index contributed by atoms with van der Waals surface area (Å²) in [5.74, 6) is -0.866. The molecule has 1 aromatic carbocycles. The fraction of sp³-hybridized carbons (Fsp3) is 0.400. The van der Waals surface area contributed by atoms with Gasteiger partial charge in [-0.2, -0.15) is 0 Å². The molecule has 106 valence electrons. The van der Waals surface area contributed by atoms with Gasteiger partial charge in [0.2, 0.25) is 5.91 Å². The van der Waals surface area contributed by atoms with Crippen LogP contribution < -0.4 is 0 Å². The lowest BCUT2D eigenvalue weighted by atomic mass is 10.0. The van der Waals surface area contributed by atoms with Gasteiger partial charge in [-0.25, -0.2) is 4.98 Å². The van der Waals surface area contributed by atoms with E-state index < -0.39 is 5.97 Å². The molecular weight excluding hydrogens is 256 g/mol. The van der Waals surface area contributed by atoms with Crippen LogP contribution in [0.5, 0.6) is 0 Å². The number of aliphatic carboxylic acids is 1. The van der Waals surface area contributed by atoms with Crippen LogP contribution in [0.25, 0.3) is 11.0 Å². The molecule has 0 spiro atoms. The molecule has 0 atom stereocenters. The normalized spacial score (nSPS) is 11.2. The molecule has 0 radical (unpaired) electrons. The van der Waals surface area contributed by atoms with Crippen LogP contribution in [-0.2, 0) is 11.2 Å². The number of hydrogen-bond donors (Lipinski definition) is 1. The average Bonchev–Trinajstić information content (AvgIpc) is 2.76. The fourth-order valence-electron chi connectivity index (χ4n) is 2.40. The molecule has 0 saturated carbocycles. The summed E-state index contributed by atoms with van der Waals surface area (Å²) in [6.07, 6.45) is 1.21. The van der Waals surface area contributed by atoms with E-state index in [4.69, 9.17) is 5.11 Å². The van der Waals surface area contributed by atoms with Gasteiger partial charge in [0.25, 0.3) is 0 Å². The summed E-state index contributed by atoms with van der Waals surface area (Å²) >= 11 is 0. The standard InChI is InChI=1S/C15H18N2O3/c1-3-10(4-2)15(20)17-12-8-6-5-7-11(12)16-13(17)9-14(18)19/h5-8,10H,3-4,9H2,1-2H3,(H,18,19). The van der Waals surface area contributed by atoms with Crippen LogP contribution >= 0.6 is 0 Å². The lowest BCUT2D eigenvalue weighted by molar-refractivity contribution is -0.136. The third kappa shape index (κ3) is 2.57. The first-order chi connectivity index (χ1) is 9.58. The van der Waals surface area contributed by atoms with Crippen molar-refractivity contribution in [2.24, 2.45) is 5.92 Å². The van der Waals surface area contributed by atoms with Crippen LogP contribution in [0.1, 0.15) is 37.3 Å². The fourth-order valence-corrected chi connectivity index (χ4v) is 2.40. The molecule has 5 heteroatoms. The lowest BCUT2D eigenvalue weighted by Crippen LogP contribution is -2.23. The minimum Gasteiger partial charge on any atom is -0.481 e. The average molecular weight is 274 g/mol. The van der Waals surface area contributed by atoms with Crippen molar-refractivity contribution in [3.8, 4) is 0 Å². The zero-order chi connectivity index (χ0) is 14.7. The summed E-state index contributed by atoms with van der Waals surface area (Å²) in [5, 5.41) is 8.99. The molecule has 20 heavy (non-hydrogen) atoms. The molecule has 0 saturated heterocycles. The summed E-state index contributed by atoms with van der Waals surface area (Å²) in [6, 6.07) is 7.24. The second-order valence-electron chi connectivity index (χ2n) is 4.77. The quantitative estimate of drug-likeness (QED) is 0.910. The molecule has 0 fully saturated rings. The van der Waals surface area contributed by atoms with Crippen molar-refractivity contribution in [3.63, 3.8) is 0 Å². The van der Waals surface area contributed by atoms with Crippen molar-refractivity contribution in [1.29, 1.82) is 0 Å². The number of rotatable bonds is 5. The molecule has 0 aliphatic heterocycles. The Morgan fingerprint density at radius 2 is 1.90 bits per heavy atom. The van der Waals surface area contributed by atoms with Crippen molar-refractivity contribution in [3.05, 3.63) is 30.1 Å². The second kappa shape index (κ2) is 5.86. The van der Waals surface area contributed by atoms with Crippen LogP contribution in [0.4, 0.5) is 0 Å². The highest BCUT2D eigenvalue weighted by atomic mass is 16.4. The highest BCUT2D eigenvalue weighted by molar-refractivity contribution is 5.93. The number of imidazole rings is 1. The van der Waals surface area contributed by atoms with Gasteiger partial charge in [-0.1, -0.05) is 26.0 Å². The van der Waals surface area contributed by atoms with Crippen LogP contribution in [0, 0.1) is 5.92 Å². The predicted octanol–water partition coefficient (Wildman–Crippen LogP) is 2.74. The number of benzene rings is 1. The Morgan fingerprint density at radius 3 is 2.50 bits per heavy atom. The lowest BCUT2D eigenvalue weighted by Gasteiger charge is -2.14. The molecule has 0 bridgehead atoms. The number of aromatic nitrogens is 2. The van der Waals surface area contributed by atoms with Gasteiger partial charge in [0.15, 0.2) is 0 Å². The number of carboxylic acid groups (broad SMARTS) is 1. The van der Waals surface area contributed by atoms with Gasteiger partial charge in [0, 0.05) is 5.92 Å². The zero-order valence-corrected chi connectivity index (χ0v) is 11.7. The van der Waals surface area contributed by atoms with E-state index in [9.17, 15) is 9.59 Å². The molecule has 2 rings (SSSR count). The number of carbonyl (C=O) groups is 2. The third-order valence-electron chi connectivity index (χ3n) is 3.49. The number of para-hydroxylation sites is 2. The first-order valence-corrected chi connectivity index (χ1v) is 6.80. The van der Waals surface area contributed by atoms with Crippen molar-refractivity contribution in [1.82, 2.24) is 9.55 Å². The minimum atomic E-state index is -0.987. The van der Waals surface area contributed by atoms with Crippen LogP contribution in [0.15, 0.2) is 24.3 Å². The van der Waals surface area contributed by atoms with Crippen molar-refractivity contribution < 1.29 is 14.7 Å². The summed E-state index contributed by atoms with van der Waals surface area (Å²) in [5.41, 5.74) is 1.34. The highest BCUT2D eigenvalue weighted by Gasteiger charge is 2.23. The Hall–Kier alpha value is -2.17. The number of carbonyl (C=O) groups excluding carboxylic acids is 1. The van der Waals surface area contributed by atoms with E-state index in [1.165, 1.54) is 4.57 Å². The van der Waals surface area contributed by atoms with Crippen molar-refractivity contribution in [2.75, 3.05) is 0 Å². The Labute approximate surface area is 117 Å². The van der Waals surface area contributed by atoms with Gasteiger partial charge in [-0.3, -0.25) is 14.2 Å². The van der Waals surface area contributed by atoms with Gasteiger partial charge in [-0.05, 0) is 25.0 Å².